The van der Waals surface area contributed by atoms with Crippen LogP contribution in [0.25, 0.3) is 0 Å². The number of aliphatic hydroxyl groups excluding tert-OH is 2. The van der Waals surface area contributed by atoms with E-state index in [2.05, 4.69) is 21.0 Å². The molecule has 0 aromatic carbocycles. The summed E-state index contributed by atoms with van der Waals surface area (Å²) >= 11 is 3.37. The van der Waals surface area contributed by atoms with Crippen LogP contribution in [0.2, 0.25) is 0 Å². The number of nitrogens with zero attached hydrogens (tertiary/aromatic N) is 2. The van der Waals surface area contributed by atoms with E-state index in [4.69, 9.17) is 0 Å². The van der Waals surface area contributed by atoms with Gasteiger partial charge < -0.3 is 10.2 Å². The van der Waals surface area contributed by atoms with Crippen LogP contribution in [-0.4, -0.2) is 26.1 Å². The number of rotatable bonds is 4. The maximum atomic E-state index is 10.3. The molecule has 1 heterocycles. The van der Waals surface area contributed by atoms with Gasteiger partial charge in [0.15, 0.2) is 0 Å². The summed E-state index contributed by atoms with van der Waals surface area (Å²) in [5.74, 6) is 0. The molecule has 0 fully saturated rings. The Labute approximate surface area is 111 Å². The molecule has 1 rings (SSSR count). The average Bonchev–Trinajstić information content (AvgIpc) is 2.57. The van der Waals surface area contributed by atoms with Crippen molar-refractivity contribution >= 4 is 15.9 Å². The molecule has 0 aliphatic heterocycles. The first kappa shape index (κ1) is 14.7. The predicted octanol–water partition coefficient (Wildman–Crippen LogP) is 2.50. The highest BCUT2D eigenvalue weighted by Crippen LogP contribution is 2.33. The Kier molecular flexibility index (Phi) is 4.75. The largest absolute Gasteiger partial charge is 0.389 e. The van der Waals surface area contributed by atoms with E-state index in [9.17, 15) is 10.2 Å². The summed E-state index contributed by atoms with van der Waals surface area (Å²) in [6.07, 6.45) is 0.827. The molecule has 17 heavy (non-hydrogen) atoms. The first-order valence-electron chi connectivity index (χ1n) is 5.86. The number of hydrogen-bond donors (Lipinski definition) is 2. The molecule has 0 spiro atoms. The Morgan fingerprint density at radius 1 is 1.41 bits per heavy atom. The molecule has 0 aliphatic carbocycles. The van der Waals surface area contributed by atoms with Crippen molar-refractivity contribution in [2.45, 2.75) is 52.9 Å². The fourth-order valence-electron chi connectivity index (χ4n) is 1.68. The van der Waals surface area contributed by atoms with Crippen molar-refractivity contribution in [3.05, 3.63) is 16.4 Å². The molecule has 0 saturated carbocycles. The van der Waals surface area contributed by atoms with Gasteiger partial charge in [-0.1, -0.05) is 27.7 Å². The third-order valence-electron chi connectivity index (χ3n) is 2.74. The van der Waals surface area contributed by atoms with E-state index in [-0.39, 0.29) is 5.41 Å². The van der Waals surface area contributed by atoms with Gasteiger partial charge in [-0.25, -0.2) is 0 Å². The standard InChI is InChI=1S/C12H21BrN2O2/c1-5-6-15-9(8(13)7-14-15)10(16)11(17)12(2,3)4/h7,10-11,16-17H,5-6H2,1-4H3. The molecule has 2 N–H and O–H groups in total. The van der Waals surface area contributed by atoms with E-state index >= 15 is 0 Å². The Morgan fingerprint density at radius 2 is 2.00 bits per heavy atom. The average molecular weight is 305 g/mol. The van der Waals surface area contributed by atoms with Crippen LogP contribution >= 0.6 is 15.9 Å². The zero-order valence-electron chi connectivity index (χ0n) is 10.8. The van der Waals surface area contributed by atoms with Crippen molar-refractivity contribution < 1.29 is 10.2 Å². The van der Waals surface area contributed by atoms with Crippen LogP contribution in [0, 0.1) is 5.41 Å². The second kappa shape index (κ2) is 5.50. The van der Waals surface area contributed by atoms with Gasteiger partial charge in [0.1, 0.15) is 6.10 Å². The number of aryl methyl sites for hydroxylation is 1. The van der Waals surface area contributed by atoms with Gasteiger partial charge in [0.05, 0.1) is 22.5 Å². The van der Waals surface area contributed by atoms with Crippen LogP contribution < -0.4 is 0 Å². The van der Waals surface area contributed by atoms with E-state index in [1.807, 2.05) is 27.7 Å². The Morgan fingerprint density at radius 3 is 2.47 bits per heavy atom. The van der Waals surface area contributed by atoms with E-state index in [1.165, 1.54) is 0 Å². The van der Waals surface area contributed by atoms with Crippen LogP contribution in [0.5, 0.6) is 0 Å². The third kappa shape index (κ3) is 3.30. The van der Waals surface area contributed by atoms with Gasteiger partial charge in [-0.05, 0) is 27.8 Å². The maximum absolute atomic E-state index is 10.3. The lowest BCUT2D eigenvalue weighted by molar-refractivity contribution is -0.0499. The summed E-state index contributed by atoms with van der Waals surface area (Å²) in [4.78, 5) is 0. The number of halogens is 1. The van der Waals surface area contributed by atoms with Gasteiger partial charge in [-0.2, -0.15) is 5.10 Å². The maximum Gasteiger partial charge on any atom is 0.123 e. The second-order valence-electron chi connectivity index (χ2n) is 5.36. The van der Waals surface area contributed by atoms with Crippen LogP contribution in [0.1, 0.15) is 45.9 Å². The lowest BCUT2D eigenvalue weighted by Gasteiger charge is -2.30. The Hall–Kier alpha value is -0.390. The highest BCUT2D eigenvalue weighted by molar-refractivity contribution is 9.10. The molecule has 2 unspecified atom stereocenters. The SMILES string of the molecule is CCCn1ncc(Br)c1C(O)C(O)C(C)(C)C. The van der Waals surface area contributed by atoms with Gasteiger partial charge in [0.2, 0.25) is 0 Å². The highest BCUT2D eigenvalue weighted by Gasteiger charge is 2.33. The van der Waals surface area contributed by atoms with Gasteiger partial charge in [0.25, 0.3) is 0 Å². The van der Waals surface area contributed by atoms with E-state index < -0.39 is 12.2 Å². The van der Waals surface area contributed by atoms with Gasteiger partial charge in [0, 0.05) is 6.54 Å². The van der Waals surface area contributed by atoms with Gasteiger partial charge >= 0.3 is 0 Å². The number of hydrogen-bond acceptors (Lipinski definition) is 3. The van der Waals surface area contributed by atoms with Crippen molar-refractivity contribution in [3.8, 4) is 0 Å². The first-order valence-corrected chi connectivity index (χ1v) is 6.65. The summed E-state index contributed by atoms with van der Waals surface area (Å²) in [6.45, 7) is 8.47. The van der Waals surface area contributed by atoms with Crippen molar-refractivity contribution in [2.75, 3.05) is 0 Å². The zero-order chi connectivity index (χ0) is 13.2. The minimum atomic E-state index is -0.932. The number of aliphatic hydroxyl groups is 2. The first-order chi connectivity index (χ1) is 7.79. The van der Waals surface area contributed by atoms with Crippen molar-refractivity contribution in [1.29, 1.82) is 0 Å². The van der Waals surface area contributed by atoms with Crippen LogP contribution in [0.15, 0.2) is 10.7 Å². The normalized spacial score (nSPS) is 15.9. The molecule has 0 bridgehead atoms. The highest BCUT2D eigenvalue weighted by atomic mass is 79.9. The van der Waals surface area contributed by atoms with Crippen LogP contribution in [-0.2, 0) is 6.54 Å². The molecule has 4 nitrogen and oxygen atoms in total. The molecule has 0 amide bonds. The molecule has 1 aromatic rings. The van der Waals surface area contributed by atoms with Crippen LogP contribution in [0.3, 0.4) is 0 Å². The summed E-state index contributed by atoms with van der Waals surface area (Å²) in [5.41, 5.74) is 0.273. The number of aromatic nitrogens is 2. The summed E-state index contributed by atoms with van der Waals surface area (Å²) in [6, 6.07) is 0. The summed E-state index contributed by atoms with van der Waals surface area (Å²) in [7, 11) is 0. The zero-order valence-corrected chi connectivity index (χ0v) is 12.4. The third-order valence-corrected chi connectivity index (χ3v) is 3.35. The fourth-order valence-corrected chi connectivity index (χ4v) is 2.21. The Bertz CT molecular complexity index is 371. The molecular formula is C12H21BrN2O2. The van der Waals surface area contributed by atoms with Crippen LogP contribution in [0.4, 0.5) is 0 Å². The Balaban J connectivity index is 3.02. The topological polar surface area (TPSA) is 58.3 Å². The minimum absolute atomic E-state index is 0.375. The van der Waals surface area contributed by atoms with Gasteiger partial charge in [-0.3, -0.25) is 4.68 Å². The second-order valence-corrected chi connectivity index (χ2v) is 6.21. The molecule has 0 saturated heterocycles. The van der Waals surface area contributed by atoms with E-state index in [1.54, 1.807) is 10.9 Å². The lowest BCUT2D eigenvalue weighted by atomic mass is 9.85. The summed E-state index contributed by atoms with van der Waals surface area (Å²) in [5, 5.41) is 24.6. The minimum Gasteiger partial charge on any atom is -0.389 e. The van der Waals surface area contributed by atoms with Crippen molar-refractivity contribution in [1.82, 2.24) is 9.78 Å². The molecule has 2 atom stereocenters. The van der Waals surface area contributed by atoms with Gasteiger partial charge in [-0.15, -0.1) is 0 Å². The van der Waals surface area contributed by atoms with E-state index in [0.29, 0.717) is 5.69 Å². The fraction of sp³-hybridized carbons (Fsp3) is 0.750. The predicted molar refractivity (Wildman–Crippen MR) is 70.6 cm³/mol. The monoisotopic (exact) mass is 304 g/mol. The lowest BCUT2D eigenvalue weighted by Crippen LogP contribution is -2.33. The quantitative estimate of drug-likeness (QED) is 0.898. The van der Waals surface area contributed by atoms with Crippen molar-refractivity contribution in [3.63, 3.8) is 0 Å². The van der Waals surface area contributed by atoms with Crippen molar-refractivity contribution in [2.24, 2.45) is 5.41 Å². The molecule has 1 aromatic heterocycles. The molecular weight excluding hydrogens is 284 g/mol. The molecule has 98 valence electrons. The molecule has 0 aliphatic rings. The van der Waals surface area contributed by atoms with E-state index in [0.717, 1.165) is 17.4 Å². The smallest absolute Gasteiger partial charge is 0.123 e. The molecule has 5 heteroatoms. The summed E-state index contributed by atoms with van der Waals surface area (Å²) < 4.78 is 2.48. The molecule has 0 radical (unpaired) electrons.